The number of carbonyl (C=O) groups excluding carboxylic acids is 1. The lowest BCUT2D eigenvalue weighted by Crippen LogP contribution is -2.36. The van der Waals surface area contributed by atoms with Gasteiger partial charge >= 0.3 is 0 Å². The van der Waals surface area contributed by atoms with E-state index < -0.39 is 0 Å². The maximum absolute atomic E-state index is 13.6. The average Bonchev–Trinajstić information content (AvgIpc) is 2.91. The molecule has 33 heavy (non-hydrogen) atoms. The summed E-state index contributed by atoms with van der Waals surface area (Å²) in [4.78, 5) is 15.5. The molecule has 0 unspecified atom stereocenters. The quantitative estimate of drug-likeness (QED) is 0.452. The summed E-state index contributed by atoms with van der Waals surface area (Å²) >= 11 is 0. The predicted octanol–water partition coefficient (Wildman–Crippen LogP) is 9.06. The number of hydrogen-bond acceptors (Lipinski definition) is 2. The van der Waals surface area contributed by atoms with E-state index in [2.05, 4.69) is 19.1 Å². The number of amides is 1. The van der Waals surface area contributed by atoms with Crippen LogP contribution in [0.5, 0.6) is 5.75 Å². The number of aryl methyl sites for hydroxylation is 1. The lowest BCUT2D eigenvalue weighted by Gasteiger charge is -2.32. The van der Waals surface area contributed by atoms with Gasteiger partial charge in [0.15, 0.2) is 0 Å². The first-order chi connectivity index (χ1) is 16.2. The predicted molar refractivity (Wildman–Crippen MR) is 146 cm³/mol. The minimum absolute atomic E-state index is 0.0971. The summed E-state index contributed by atoms with van der Waals surface area (Å²) in [7, 11) is 1.66. The monoisotopic (exact) mass is 453 g/mol. The van der Waals surface area contributed by atoms with Crippen LogP contribution >= 0.6 is 0 Å². The summed E-state index contributed by atoms with van der Waals surface area (Å²) < 4.78 is 5.30. The molecule has 0 aromatic heterocycles. The number of nitrogens with zero attached hydrogens (tertiary/aromatic N) is 1. The second-order valence-electron chi connectivity index (χ2n) is 7.20. The zero-order chi connectivity index (χ0) is 25.2. The molecule has 2 aromatic rings. The molecule has 3 rings (SSSR count). The molecule has 1 saturated carbocycles. The summed E-state index contributed by atoms with van der Waals surface area (Å²) in [5.74, 6) is 1.10. The van der Waals surface area contributed by atoms with E-state index in [0.29, 0.717) is 0 Å². The van der Waals surface area contributed by atoms with E-state index in [0.717, 1.165) is 48.4 Å². The van der Waals surface area contributed by atoms with Crippen LogP contribution in [0.2, 0.25) is 0 Å². The van der Waals surface area contributed by atoms with Gasteiger partial charge < -0.3 is 4.74 Å². The number of anilines is 1. The van der Waals surface area contributed by atoms with Crippen molar-refractivity contribution in [3.8, 4) is 5.75 Å². The molecule has 0 bridgehead atoms. The molecule has 2 aromatic carbocycles. The minimum Gasteiger partial charge on any atom is -0.497 e. The molecule has 0 saturated heterocycles. The fraction of sp³-hybridized carbons (Fsp3) is 0.500. The molecule has 0 N–H and O–H groups in total. The Kier molecular flexibility index (Phi) is 16.6. The van der Waals surface area contributed by atoms with Gasteiger partial charge in [-0.25, -0.2) is 0 Å². The van der Waals surface area contributed by atoms with Gasteiger partial charge in [0.25, 0.3) is 0 Å². The molecule has 1 aliphatic carbocycles. The van der Waals surface area contributed by atoms with E-state index in [1.54, 1.807) is 7.11 Å². The van der Waals surface area contributed by atoms with Crippen molar-refractivity contribution in [2.45, 2.75) is 87.5 Å². The lowest BCUT2D eigenvalue weighted by molar-refractivity contribution is -0.122. The highest BCUT2D eigenvalue weighted by molar-refractivity contribution is 6.07. The maximum atomic E-state index is 13.6. The first-order valence-electron chi connectivity index (χ1n) is 12.9. The molecule has 1 fully saturated rings. The molecule has 0 atom stereocenters. The molecule has 3 heteroatoms. The van der Waals surface area contributed by atoms with Crippen molar-refractivity contribution in [3.05, 3.63) is 65.7 Å². The van der Waals surface area contributed by atoms with Crippen LogP contribution in [0.3, 0.4) is 0 Å². The third kappa shape index (κ3) is 8.72. The fourth-order valence-corrected chi connectivity index (χ4v) is 3.91. The van der Waals surface area contributed by atoms with Crippen molar-refractivity contribution >= 4 is 17.3 Å². The lowest BCUT2D eigenvalue weighted by atomic mass is 9.87. The van der Waals surface area contributed by atoms with E-state index in [9.17, 15) is 4.79 Å². The molecule has 0 spiro atoms. The van der Waals surface area contributed by atoms with Gasteiger partial charge in [-0.2, -0.15) is 0 Å². The highest BCUT2D eigenvalue weighted by atomic mass is 16.5. The van der Waals surface area contributed by atoms with Crippen molar-refractivity contribution in [2.24, 2.45) is 5.92 Å². The Labute approximate surface area is 203 Å². The van der Waals surface area contributed by atoms with Gasteiger partial charge in [0.1, 0.15) is 5.75 Å². The Bertz CT molecular complexity index is 802. The van der Waals surface area contributed by atoms with E-state index in [4.69, 9.17) is 4.74 Å². The van der Waals surface area contributed by atoms with Crippen LogP contribution in [0.4, 0.5) is 5.69 Å². The van der Waals surface area contributed by atoms with Crippen molar-refractivity contribution in [1.82, 2.24) is 0 Å². The summed E-state index contributed by atoms with van der Waals surface area (Å²) in [5.41, 5.74) is 4.11. The summed E-state index contributed by atoms with van der Waals surface area (Å²) in [6, 6.07) is 16.0. The van der Waals surface area contributed by atoms with Crippen molar-refractivity contribution in [1.29, 1.82) is 0 Å². The van der Waals surface area contributed by atoms with Gasteiger partial charge in [-0.1, -0.05) is 91.1 Å². The normalized spacial score (nSPS) is 13.2. The number of carbonyl (C=O) groups is 1. The smallest absolute Gasteiger partial charge is 0.234 e. The molecule has 1 aliphatic rings. The second kappa shape index (κ2) is 17.9. The van der Waals surface area contributed by atoms with Gasteiger partial charge in [-0.05, 0) is 56.5 Å². The first kappa shape index (κ1) is 30.4. The molecule has 0 heterocycles. The average molecular weight is 454 g/mol. The molecule has 3 nitrogen and oxygen atoms in total. The van der Waals surface area contributed by atoms with Crippen molar-refractivity contribution in [3.63, 3.8) is 0 Å². The molecule has 1 amide bonds. The van der Waals surface area contributed by atoms with E-state index in [1.165, 1.54) is 12.0 Å². The van der Waals surface area contributed by atoms with E-state index >= 15 is 0 Å². The number of rotatable bonds is 5. The van der Waals surface area contributed by atoms with E-state index in [-0.39, 0.29) is 11.8 Å². The van der Waals surface area contributed by atoms with Crippen LogP contribution in [0, 0.1) is 12.8 Å². The van der Waals surface area contributed by atoms with Crippen molar-refractivity contribution in [2.75, 3.05) is 12.0 Å². The van der Waals surface area contributed by atoms with Crippen LogP contribution in [0.15, 0.2) is 54.6 Å². The van der Waals surface area contributed by atoms with Crippen LogP contribution in [0.25, 0.3) is 5.70 Å². The summed E-state index contributed by atoms with van der Waals surface area (Å²) in [5, 5.41) is 0. The number of allylic oxidation sites excluding steroid dienone is 1. The van der Waals surface area contributed by atoms with Gasteiger partial charge in [-0.3, -0.25) is 9.69 Å². The zero-order valence-electron chi connectivity index (χ0n) is 22.6. The standard InChI is InChI=1S/C24H29NO2.3C2H6/c1-4-23(22-13-9-8-10-18(22)2)25(20-14-16-21(27-3)17-15-20)24(26)19-11-6-5-7-12-19;3*1-2/h4,8-10,13-17,19H,5-7,11-12H2,1-3H3;3*1-2H3/b23-4+;;;. The Morgan fingerprint density at radius 3 is 1.91 bits per heavy atom. The van der Waals surface area contributed by atoms with E-state index in [1.807, 2.05) is 95.8 Å². The largest absolute Gasteiger partial charge is 0.497 e. The van der Waals surface area contributed by atoms with Crippen LogP contribution in [-0.4, -0.2) is 13.0 Å². The molecule has 184 valence electrons. The Morgan fingerprint density at radius 2 is 1.42 bits per heavy atom. The third-order valence-electron chi connectivity index (χ3n) is 5.44. The second-order valence-corrected chi connectivity index (χ2v) is 7.20. The highest BCUT2D eigenvalue weighted by Gasteiger charge is 2.29. The topological polar surface area (TPSA) is 29.5 Å². The molecule has 0 radical (unpaired) electrons. The van der Waals surface area contributed by atoms with Gasteiger partial charge in [0.05, 0.1) is 12.8 Å². The molecular formula is C30H47NO2. The Hall–Kier alpha value is -2.55. The van der Waals surface area contributed by atoms with Gasteiger partial charge in [-0.15, -0.1) is 0 Å². The van der Waals surface area contributed by atoms with Crippen LogP contribution in [-0.2, 0) is 4.79 Å². The van der Waals surface area contributed by atoms with Gasteiger partial charge in [0.2, 0.25) is 5.91 Å². The summed E-state index contributed by atoms with van der Waals surface area (Å²) in [6.45, 7) is 16.1. The summed E-state index contributed by atoms with van der Waals surface area (Å²) in [6.07, 6.45) is 7.53. The highest BCUT2D eigenvalue weighted by Crippen LogP contribution is 2.34. The zero-order valence-corrected chi connectivity index (χ0v) is 22.6. The SMILES string of the molecule is C/C=C(\c1ccccc1C)N(C(=O)C1CCCCC1)c1ccc(OC)cc1.CC.CC.CC. The van der Waals surface area contributed by atoms with Crippen LogP contribution < -0.4 is 9.64 Å². The number of hydrogen-bond donors (Lipinski definition) is 0. The number of benzene rings is 2. The van der Waals surface area contributed by atoms with Crippen LogP contribution in [0.1, 0.15) is 91.7 Å². The molecule has 0 aliphatic heterocycles. The molecular weight excluding hydrogens is 406 g/mol. The maximum Gasteiger partial charge on any atom is 0.234 e. The minimum atomic E-state index is 0.0971. The first-order valence-corrected chi connectivity index (χ1v) is 12.9. The Balaban J connectivity index is 0.00000158. The third-order valence-corrected chi connectivity index (χ3v) is 5.44. The Morgan fingerprint density at radius 1 is 0.879 bits per heavy atom. The number of ether oxygens (including phenoxy) is 1. The van der Waals surface area contributed by atoms with Gasteiger partial charge in [0, 0.05) is 17.2 Å². The van der Waals surface area contributed by atoms with Crippen molar-refractivity contribution < 1.29 is 9.53 Å². The number of methoxy groups -OCH3 is 1. The fourth-order valence-electron chi connectivity index (χ4n) is 3.91.